The molecule has 2 aromatic rings. The van der Waals surface area contributed by atoms with Gasteiger partial charge >= 0.3 is 0 Å². The van der Waals surface area contributed by atoms with Gasteiger partial charge in [0.1, 0.15) is 0 Å². The van der Waals surface area contributed by atoms with Gasteiger partial charge in [0.15, 0.2) is 0 Å². The van der Waals surface area contributed by atoms with E-state index in [2.05, 4.69) is 37.8 Å². The Balaban J connectivity index is 1.70. The number of aromatic nitrogens is 2. The van der Waals surface area contributed by atoms with Gasteiger partial charge < -0.3 is 10.6 Å². The zero-order chi connectivity index (χ0) is 14.8. The molecule has 1 aliphatic carbocycles. The van der Waals surface area contributed by atoms with E-state index < -0.39 is 0 Å². The molecule has 2 N–H and O–H groups in total. The zero-order valence-electron chi connectivity index (χ0n) is 12.3. The minimum Gasteiger partial charge on any atom is -0.397 e. The molecule has 5 heteroatoms. The highest BCUT2D eigenvalue weighted by atomic mass is 79.9. The summed E-state index contributed by atoms with van der Waals surface area (Å²) in [5, 5.41) is 4.73. The van der Waals surface area contributed by atoms with E-state index in [-0.39, 0.29) is 0 Å². The predicted molar refractivity (Wildman–Crippen MR) is 90.4 cm³/mol. The van der Waals surface area contributed by atoms with Crippen molar-refractivity contribution in [3.05, 3.63) is 40.6 Å². The molecule has 0 radical (unpaired) electrons. The van der Waals surface area contributed by atoms with Crippen LogP contribution in [0.5, 0.6) is 0 Å². The van der Waals surface area contributed by atoms with Crippen LogP contribution in [-0.2, 0) is 6.54 Å². The molecule has 1 fully saturated rings. The molecule has 1 aromatic heterocycles. The molecule has 1 saturated carbocycles. The molecule has 0 atom stereocenters. The number of rotatable bonds is 4. The van der Waals surface area contributed by atoms with Crippen molar-refractivity contribution in [2.24, 2.45) is 0 Å². The maximum absolute atomic E-state index is 6.08. The Labute approximate surface area is 134 Å². The Morgan fingerprint density at radius 2 is 2.10 bits per heavy atom. The first kappa shape index (κ1) is 14.4. The lowest BCUT2D eigenvalue weighted by atomic mass is 10.2. The molecule has 0 unspecified atom stereocenters. The molecule has 1 aliphatic rings. The number of nitrogens with zero attached hydrogens (tertiary/aromatic N) is 3. The molecule has 112 valence electrons. The Morgan fingerprint density at radius 1 is 1.33 bits per heavy atom. The summed E-state index contributed by atoms with van der Waals surface area (Å²) < 4.78 is 3.14. The highest BCUT2D eigenvalue weighted by Gasteiger charge is 2.18. The summed E-state index contributed by atoms with van der Waals surface area (Å²) in [5.74, 6) is 0. The smallest absolute Gasteiger partial charge is 0.0817 e. The molecule has 0 bridgehead atoms. The lowest BCUT2D eigenvalue weighted by Crippen LogP contribution is -2.18. The number of benzene rings is 1. The Morgan fingerprint density at radius 3 is 2.81 bits per heavy atom. The number of halogens is 1. The van der Waals surface area contributed by atoms with Gasteiger partial charge in [-0.2, -0.15) is 5.10 Å². The van der Waals surface area contributed by atoms with Crippen LogP contribution >= 0.6 is 15.9 Å². The standard InChI is InChI=1S/C16H21BrN4/c1-20(16-7-6-12(17)10-15(16)18)11-13-8-9-21(19-13)14-4-2-3-5-14/h6-10,14H,2-5,11,18H2,1H3. The second kappa shape index (κ2) is 6.10. The molecule has 0 saturated heterocycles. The molecule has 0 spiro atoms. The van der Waals surface area contributed by atoms with Crippen molar-refractivity contribution < 1.29 is 0 Å². The van der Waals surface area contributed by atoms with E-state index in [0.29, 0.717) is 6.04 Å². The van der Waals surface area contributed by atoms with Crippen LogP contribution in [0, 0.1) is 0 Å². The van der Waals surface area contributed by atoms with Crippen LogP contribution in [-0.4, -0.2) is 16.8 Å². The highest BCUT2D eigenvalue weighted by molar-refractivity contribution is 9.10. The van der Waals surface area contributed by atoms with E-state index in [9.17, 15) is 0 Å². The molecule has 1 aromatic carbocycles. The van der Waals surface area contributed by atoms with Crippen molar-refractivity contribution in [2.45, 2.75) is 38.3 Å². The third-order valence-electron chi connectivity index (χ3n) is 4.16. The molecular weight excluding hydrogens is 328 g/mol. The minimum atomic E-state index is 0.599. The van der Waals surface area contributed by atoms with Gasteiger partial charge in [-0.3, -0.25) is 4.68 Å². The van der Waals surface area contributed by atoms with Crippen molar-refractivity contribution in [1.82, 2.24) is 9.78 Å². The van der Waals surface area contributed by atoms with Crippen molar-refractivity contribution >= 4 is 27.3 Å². The van der Waals surface area contributed by atoms with Crippen LogP contribution in [0.2, 0.25) is 0 Å². The van der Waals surface area contributed by atoms with Gasteiger partial charge in [-0.25, -0.2) is 0 Å². The lowest BCUT2D eigenvalue weighted by Gasteiger charge is -2.20. The summed E-state index contributed by atoms with van der Waals surface area (Å²) >= 11 is 3.44. The maximum atomic E-state index is 6.08. The van der Waals surface area contributed by atoms with Gasteiger partial charge in [-0.1, -0.05) is 28.8 Å². The van der Waals surface area contributed by atoms with E-state index in [1.807, 2.05) is 25.2 Å². The first-order valence-electron chi connectivity index (χ1n) is 7.43. The van der Waals surface area contributed by atoms with Crippen molar-refractivity contribution in [3.63, 3.8) is 0 Å². The molecule has 3 rings (SSSR count). The maximum Gasteiger partial charge on any atom is 0.0817 e. The van der Waals surface area contributed by atoms with Crippen LogP contribution in [0.25, 0.3) is 0 Å². The summed E-state index contributed by atoms with van der Waals surface area (Å²) in [6, 6.07) is 8.70. The number of hydrogen-bond acceptors (Lipinski definition) is 3. The molecule has 1 heterocycles. The monoisotopic (exact) mass is 348 g/mol. The Kier molecular flexibility index (Phi) is 4.19. The fourth-order valence-corrected chi connectivity index (χ4v) is 3.41. The number of nitrogens with two attached hydrogens (primary N) is 1. The minimum absolute atomic E-state index is 0.599. The van der Waals surface area contributed by atoms with E-state index in [4.69, 9.17) is 10.8 Å². The molecular formula is C16H21BrN4. The topological polar surface area (TPSA) is 47.1 Å². The van der Waals surface area contributed by atoms with Gasteiger partial charge in [0.2, 0.25) is 0 Å². The normalized spacial score (nSPS) is 15.5. The molecule has 0 amide bonds. The molecule has 0 aliphatic heterocycles. The fraction of sp³-hybridized carbons (Fsp3) is 0.438. The van der Waals surface area contributed by atoms with Crippen LogP contribution in [0.4, 0.5) is 11.4 Å². The SMILES string of the molecule is CN(Cc1ccn(C2CCCC2)n1)c1ccc(Br)cc1N. The van der Waals surface area contributed by atoms with Gasteiger partial charge in [0.05, 0.1) is 29.7 Å². The number of hydrogen-bond donors (Lipinski definition) is 1. The van der Waals surface area contributed by atoms with E-state index in [1.165, 1.54) is 25.7 Å². The van der Waals surface area contributed by atoms with E-state index in [0.717, 1.165) is 28.1 Å². The third kappa shape index (κ3) is 3.23. The van der Waals surface area contributed by atoms with Gasteiger partial charge in [-0.05, 0) is 37.1 Å². The Hall–Kier alpha value is -1.49. The second-order valence-electron chi connectivity index (χ2n) is 5.78. The summed E-state index contributed by atoms with van der Waals surface area (Å²) in [6.07, 6.45) is 7.29. The van der Waals surface area contributed by atoms with Gasteiger partial charge in [-0.15, -0.1) is 0 Å². The number of anilines is 2. The third-order valence-corrected chi connectivity index (χ3v) is 4.66. The van der Waals surface area contributed by atoms with Gasteiger partial charge in [0, 0.05) is 17.7 Å². The molecule has 21 heavy (non-hydrogen) atoms. The summed E-state index contributed by atoms with van der Waals surface area (Å²) in [4.78, 5) is 2.14. The average molecular weight is 349 g/mol. The van der Waals surface area contributed by atoms with Crippen LogP contribution in [0.3, 0.4) is 0 Å². The largest absolute Gasteiger partial charge is 0.397 e. The lowest BCUT2D eigenvalue weighted by molar-refractivity contribution is 0.463. The summed E-state index contributed by atoms with van der Waals surface area (Å²) in [5.41, 5.74) is 8.99. The van der Waals surface area contributed by atoms with Crippen molar-refractivity contribution in [2.75, 3.05) is 17.7 Å². The fourth-order valence-electron chi connectivity index (χ4n) is 3.04. The van der Waals surface area contributed by atoms with Crippen molar-refractivity contribution in [1.29, 1.82) is 0 Å². The highest BCUT2D eigenvalue weighted by Crippen LogP contribution is 2.29. The van der Waals surface area contributed by atoms with Gasteiger partial charge in [0.25, 0.3) is 0 Å². The quantitative estimate of drug-likeness (QED) is 0.850. The van der Waals surface area contributed by atoms with Crippen LogP contribution in [0.1, 0.15) is 37.4 Å². The van der Waals surface area contributed by atoms with E-state index in [1.54, 1.807) is 0 Å². The summed E-state index contributed by atoms with van der Waals surface area (Å²) in [6.45, 7) is 0.769. The number of nitrogen functional groups attached to an aromatic ring is 1. The van der Waals surface area contributed by atoms with E-state index >= 15 is 0 Å². The molecule has 4 nitrogen and oxygen atoms in total. The van der Waals surface area contributed by atoms with Crippen LogP contribution < -0.4 is 10.6 Å². The second-order valence-corrected chi connectivity index (χ2v) is 6.70. The van der Waals surface area contributed by atoms with Crippen LogP contribution in [0.15, 0.2) is 34.9 Å². The Bertz CT molecular complexity index is 616. The first-order chi connectivity index (χ1) is 10.1. The first-order valence-corrected chi connectivity index (χ1v) is 8.23. The average Bonchev–Trinajstić information content (AvgIpc) is 3.08. The zero-order valence-corrected chi connectivity index (χ0v) is 13.9. The summed E-state index contributed by atoms with van der Waals surface area (Å²) in [7, 11) is 2.05. The van der Waals surface area contributed by atoms with Crippen molar-refractivity contribution in [3.8, 4) is 0 Å². The predicted octanol–water partition coefficient (Wildman–Crippen LogP) is 3.98.